The minimum absolute atomic E-state index is 0.196. The second-order valence-corrected chi connectivity index (χ2v) is 5.08. The topological polar surface area (TPSA) is 24.9 Å². The largest absolute Gasteiger partial charge is 0.309 e. The number of aryl methyl sites for hydroxylation is 1. The van der Waals surface area contributed by atoms with Gasteiger partial charge in [0.1, 0.15) is 0 Å². The van der Waals surface area contributed by atoms with E-state index in [-0.39, 0.29) is 6.04 Å². The van der Waals surface area contributed by atoms with Gasteiger partial charge in [-0.25, -0.2) is 0 Å². The fourth-order valence-electron chi connectivity index (χ4n) is 2.66. The molecule has 2 nitrogen and oxygen atoms in total. The summed E-state index contributed by atoms with van der Waals surface area (Å²) < 4.78 is 0. The van der Waals surface area contributed by atoms with E-state index in [1.807, 2.05) is 19.4 Å². The Morgan fingerprint density at radius 2 is 1.80 bits per heavy atom. The zero-order chi connectivity index (χ0) is 13.9. The Kier molecular flexibility index (Phi) is 3.48. The zero-order valence-corrected chi connectivity index (χ0v) is 11.8. The van der Waals surface area contributed by atoms with E-state index in [1.54, 1.807) is 0 Å². The summed E-state index contributed by atoms with van der Waals surface area (Å²) in [4.78, 5) is 4.20. The van der Waals surface area contributed by atoms with Crippen molar-refractivity contribution in [3.8, 4) is 0 Å². The Balaban J connectivity index is 2.14. The molecule has 0 saturated heterocycles. The van der Waals surface area contributed by atoms with Crippen molar-refractivity contribution >= 4 is 10.8 Å². The number of hydrogen-bond donors (Lipinski definition) is 1. The maximum Gasteiger partial charge on any atom is 0.0580 e. The molecule has 0 fully saturated rings. The average molecular weight is 262 g/mol. The van der Waals surface area contributed by atoms with Crippen molar-refractivity contribution in [3.05, 3.63) is 77.6 Å². The molecule has 0 saturated carbocycles. The van der Waals surface area contributed by atoms with Crippen LogP contribution in [-0.4, -0.2) is 12.0 Å². The summed E-state index contributed by atoms with van der Waals surface area (Å²) in [6.07, 6.45) is 3.77. The van der Waals surface area contributed by atoms with Gasteiger partial charge in [-0.15, -0.1) is 0 Å². The molecule has 1 atom stereocenters. The Labute approximate surface area is 119 Å². The predicted molar refractivity (Wildman–Crippen MR) is 83.8 cm³/mol. The number of hydrogen-bond acceptors (Lipinski definition) is 2. The highest BCUT2D eigenvalue weighted by Crippen LogP contribution is 2.28. The standard InChI is InChI=1S/C18H18N2/c1-13-6-8-14(9-7-13)18(19-2)17-5-3-4-15-12-20-11-10-16(15)17/h3-12,18-19H,1-2H3. The fourth-order valence-corrected chi connectivity index (χ4v) is 2.66. The van der Waals surface area contributed by atoms with Crippen LogP contribution in [0.1, 0.15) is 22.7 Å². The summed E-state index contributed by atoms with van der Waals surface area (Å²) in [6, 6.07) is 17.4. The molecule has 100 valence electrons. The van der Waals surface area contributed by atoms with Crippen molar-refractivity contribution < 1.29 is 0 Å². The molecule has 3 aromatic rings. The van der Waals surface area contributed by atoms with Gasteiger partial charge in [0.2, 0.25) is 0 Å². The van der Waals surface area contributed by atoms with E-state index in [4.69, 9.17) is 0 Å². The third kappa shape index (κ3) is 2.30. The molecule has 1 unspecified atom stereocenters. The van der Waals surface area contributed by atoms with Crippen molar-refractivity contribution in [1.29, 1.82) is 0 Å². The molecule has 1 aromatic heterocycles. The number of rotatable bonds is 3. The van der Waals surface area contributed by atoms with Crippen LogP contribution in [0.4, 0.5) is 0 Å². The van der Waals surface area contributed by atoms with E-state index in [1.165, 1.54) is 27.5 Å². The van der Waals surface area contributed by atoms with E-state index in [0.29, 0.717) is 0 Å². The van der Waals surface area contributed by atoms with Gasteiger partial charge in [-0.3, -0.25) is 4.98 Å². The second-order valence-electron chi connectivity index (χ2n) is 5.08. The number of pyridine rings is 1. The lowest BCUT2D eigenvalue weighted by molar-refractivity contribution is 0.696. The van der Waals surface area contributed by atoms with Gasteiger partial charge in [-0.1, -0.05) is 48.0 Å². The molecule has 1 heterocycles. The van der Waals surface area contributed by atoms with Crippen LogP contribution >= 0.6 is 0 Å². The van der Waals surface area contributed by atoms with Gasteiger partial charge in [-0.2, -0.15) is 0 Å². The average Bonchev–Trinajstić information content (AvgIpc) is 2.50. The van der Waals surface area contributed by atoms with Gasteiger partial charge in [0.05, 0.1) is 6.04 Å². The normalized spacial score (nSPS) is 12.5. The highest BCUT2D eigenvalue weighted by atomic mass is 14.9. The van der Waals surface area contributed by atoms with E-state index in [9.17, 15) is 0 Å². The molecular weight excluding hydrogens is 244 g/mol. The predicted octanol–water partition coefficient (Wildman–Crippen LogP) is 3.85. The summed E-state index contributed by atoms with van der Waals surface area (Å²) in [6.45, 7) is 2.11. The molecule has 3 rings (SSSR count). The molecule has 20 heavy (non-hydrogen) atoms. The first kappa shape index (κ1) is 12.8. The highest BCUT2D eigenvalue weighted by Gasteiger charge is 2.14. The van der Waals surface area contributed by atoms with Crippen LogP contribution in [0.5, 0.6) is 0 Å². The van der Waals surface area contributed by atoms with Gasteiger partial charge in [-0.05, 0) is 36.6 Å². The number of nitrogens with zero attached hydrogens (tertiary/aromatic N) is 1. The lowest BCUT2D eigenvalue weighted by Crippen LogP contribution is -2.17. The summed E-state index contributed by atoms with van der Waals surface area (Å²) >= 11 is 0. The quantitative estimate of drug-likeness (QED) is 0.775. The zero-order valence-electron chi connectivity index (χ0n) is 11.8. The molecule has 0 aliphatic heterocycles. The van der Waals surface area contributed by atoms with Crippen LogP contribution in [0, 0.1) is 6.92 Å². The van der Waals surface area contributed by atoms with Crippen molar-refractivity contribution in [2.75, 3.05) is 7.05 Å². The first-order chi connectivity index (χ1) is 9.79. The lowest BCUT2D eigenvalue weighted by Gasteiger charge is -2.19. The first-order valence-electron chi connectivity index (χ1n) is 6.86. The molecule has 0 bridgehead atoms. The van der Waals surface area contributed by atoms with Crippen LogP contribution in [0.15, 0.2) is 60.9 Å². The maximum atomic E-state index is 4.20. The van der Waals surface area contributed by atoms with E-state index >= 15 is 0 Å². The maximum absolute atomic E-state index is 4.20. The second kappa shape index (κ2) is 5.43. The molecule has 1 N–H and O–H groups in total. The number of nitrogens with one attached hydrogen (secondary N) is 1. The Morgan fingerprint density at radius 3 is 2.55 bits per heavy atom. The molecule has 0 aliphatic carbocycles. The number of aromatic nitrogens is 1. The van der Waals surface area contributed by atoms with Crippen molar-refractivity contribution in [3.63, 3.8) is 0 Å². The van der Waals surface area contributed by atoms with Crippen molar-refractivity contribution in [2.45, 2.75) is 13.0 Å². The van der Waals surface area contributed by atoms with Gasteiger partial charge in [0, 0.05) is 17.8 Å². The first-order valence-corrected chi connectivity index (χ1v) is 6.86. The van der Waals surface area contributed by atoms with Crippen molar-refractivity contribution in [2.24, 2.45) is 0 Å². The highest BCUT2D eigenvalue weighted by molar-refractivity contribution is 5.85. The lowest BCUT2D eigenvalue weighted by atomic mass is 9.94. The molecule has 0 spiro atoms. The minimum atomic E-state index is 0.196. The summed E-state index contributed by atoms with van der Waals surface area (Å²) in [5.74, 6) is 0. The smallest absolute Gasteiger partial charge is 0.0580 e. The monoisotopic (exact) mass is 262 g/mol. The molecule has 2 heteroatoms. The van der Waals surface area contributed by atoms with Crippen LogP contribution in [0.3, 0.4) is 0 Å². The van der Waals surface area contributed by atoms with Crippen LogP contribution in [0.2, 0.25) is 0 Å². The fraction of sp³-hybridized carbons (Fsp3) is 0.167. The molecule has 0 aliphatic rings. The summed E-state index contributed by atoms with van der Waals surface area (Å²) in [7, 11) is 2.00. The number of fused-ring (bicyclic) bond motifs is 1. The van der Waals surface area contributed by atoms with Crippen molar-refractivity contribution in [1.82, 2.24) is 10.3 Å². The number of benzene rings is 2. The molecule has 2 aromatic carbocycles. The molecule has 0 radical (unpaired) electrons. The van der Waals surface area contributed by atoms with Gasteiger partial charge < -0.3 is 5.32 Å². The van der Waals surface area contributed by atoms with E-state index < -0.39 is 0 Å². The van der Waals surface area contributed by atoms with Crippen LogP contribution in [-0.2, 0) is 0 Å². The van der Waals surface area contributed by atoms with Gasteiger partial charge in [0.25, 0.3) is 0 Å². The molecule has 0 amide bonds. The SMILES string of the molecule is CNC(c1ccc(C)cc1)c1cccc2cnccc12. The summed E-state index contributed by atoms with van der Waals surface area (Å²) in [5, 5.41) is 5.86. The van der Waals surface area contributed by atoms with Crippen LogP contribution < -0.4 is 5.32 Å². The Hall–Kier alpha value is -2.19. The third-order valence-corrected chi connectivity index (χ3v) is 3.72. The summed E-state index contributed by atoms with van der Waals surface area (Å²) in [5.41, 5.74) is 3.85. The minimum Gasteiger partial charge on any atom is -0.309 e. The van der Waals surface area contributed by atoms with Gasteiger partial charge >= 0.3 is 0 Å². The molecular formula is C18H18N2. The van der Waals surface area contributed by atoms with E-state index in [2.05, 4.69) is 65.8 Å². The van der Waals surface area contributed by atoms with Gasteiger partial charge in [0.15, 0.2) is 0 Å². The van der Waals surface area contributed by atoms with E-state index in [0.717, 1.165) is 0 Å². The van der Waals surface area contributed by atoms with Crippen LogP contribution in [0.25, 0.3) is 10.8 Å². The Bertz CT molecular complexity index is 712. The Morgan fingerprint density at radius 1 is 1.00 bits per heavy atom. The third-order valence-electron chi connectivity index (χ3n) is 3.72.